The Kier molecular flexibility index (Phi) is 6.68. The van der Waals surface area contributed by atoms with Crippen molar-refractivity contribution in [1.82, 2.24) is 14.7 Å². The van der Waals surface area contributed by atoms with E-state index in [4.69, 9.17) is 9.47 Å². The first-order valence-corrected chi connectivity index (χ1v) is 12.6. The number of rotatable bonds is 5. The Labute approximate surface area is 216 Å². The number of likely N-dealkylation sites (tertiary alicyclic amines) is 1. The van der Waals surface area contributed by atoms with Gasteiger partial charge in [-0.25, -0.2) is 9.18 Å². The van der Waals surface area contributed by atoms with Gasteiger partial charge in [0.25, 0.3) is 0 Å². The maximum Gasteiger partial charge on any atom is 0.412 e. The van der Waals surface area contributed by atoms with E-state index in [0.717, 1.165) is 36.2 Å². The second-order valence-electron chi connectivity index (χ2n) is 10.5. The molecular formula is C28H33FN4O4. The summed E-state index contributed by atoms with van der Waals surface area (Å²) in [7, 11) is 3.82. The lowest BCUT2D eigenvalue weighted by Crippen LogP contribution is -2.50. The van der Waals surface area contributed by atoms with Gasteiger partial charge in [-0.2, -0.15) is 5.10 Å². The zero-order chi connectivity index (χ0) is 26.3. The number of carbonyl (C=O) groups is 1. The summed E-state index contributed by atoms with van der Waals surface area (Å²) in [5, 5.41) is 14.7. The van der Waals surface area contributed by atoms with Crippen LogP contribution in [-0.2, 0) is 11.2 Å². The normalized spacial score (nSPS) is 21.5. The van der Waals surface area contributed by atoms with Crippen LogP contribution in [0.1, 0.15) is 38.3 Å². The van der Waals surface area contributed by atoms with E-state index in [0.29, 0.717) is 30.0 Å². The Morgan fingerprint density at radius 1 is 1.19 bits per heavy atom. The molecule has 1 saturated heterocycles. The summed E-state index contributed by atoms with van der Waals surface area (Å²) >= 11 is 0. The van der Waals surface area contributed by atoms with Crippen molar-refractivity contribution in [2.24, 2.45) is 0 Å². The van der Waals surface area contributed by atoms with Crippen LogP contribution in [0.15, 0.2) is 48.8 Å². The van der Waals surface area contributed by atoms with Crippen LogP contribution in [0.2, 0.25) is 0 Å². The van der Waals surface area contributed by atoms with Gasteiger partial charge in [-0.05, 0) is 76.6 Å². The summed E-state index contributed by atoms with van der Waals surface area (Å²) in [6.07, 6.45) is 5.03. The van der Waals surface area contributed by atoms with Crippen molar-refractivity contribution in [3.8, 4) is 22.6 Å². The first-order chi connectivity index (χ1) is 17.7. The number of carboxylic acid groups (broad SMARTS) is 1. The maximum atomic E-state index is 13.6. The molecule has 8 nitrogen and oxygen atoms in total. The number of halogens is 1. The van der Waals surface area contributed by atoms with Crippen LogP contribution in [0.3, 0.4) is 0 Å². The van der Waals surface area contributed by atoms with E-state index >= 15 is 0 Å². The Hall–Kier alpha value is -3.43. The predicted octanol–water partition coefficient (Wildman–Crippen LogP) is 5.58. The highest BCUT2D eigenvalue weighted by Crippen LogP contribution is 2.47. The van der Waals surface area contributed by atoms with Crippen LogP contribution in [0.5, 0.6) is 11.5 Å². The summed E-state index contributed by atoms with van der Waals surface area (Å²) in [5.74, 6) is 0.690. The highest BCUT2D eigenvalue weighted by atomic mass is 19.1. The predicted molar refractivity (Wildman–Crippen MR) is 139 cm³/mol. The third-order valence-corrected chi connectivity index (χ3v) is 7.58. The quantitative estimate of drug-likeness (QED) is 0.485. The van der Waals surface area contributed by atoms with Crippen molar-refractivity contribution in [2.45, 2.75) is 50.8 Å². The maximum absolute atomic E-state index is 13.6. The number of methoxy groups -OCH3 is 1. The molecule has 2 atom stereocenters. The van der Waals surface area contributed by atoms with Gasteiger partial charge in [0.15, 0.2) is 0 Å². The SMILES string of the molecule is COC1CN(C)CCC1n1cc(-c2ccc3c(c2Oc2ccc(F)cc2)CCC(C)(C)N3C(=O)O)cn1. The molecular weight excluding hydrogens is 475 g/mol. The largest absolute Gasteiger partial charge is 0.465 e. The van der Waals surface area contributed by atoms with Gasteiger partial charge in [-0.15, -0.1) is 0 Å². The molecule has 1 aromatic heterocycles. The van der Waals surface area contributed by atoms with Gasteiger partial charge in [0.2, 0.25) is 0 Å². The van der Waals surface area contributed by atoms with E-state index in [1.54, 1.807) is 19.2 Å². The second kappa shape index (κ2) is 9.79. The number of amides is 1. The molecule has 3 heterocycles. The Morgan fingerprint density at radius 2 is 1.95 bits per heavy atom. The molecule has 1 N–H and O–H groups in total. The van der Waals surface area contributed by atoms with Gasteiger partial charge in [0.05, 0.1) is 24.0 Å². The van der Waals surface area contributed by atoms with Gasteiger partial charge in [-0.1, -0.05) is 0 Å². The molecule has 2 aromatic carbocycles. The highest BCUT2D eigenvalue weighted by molar-refractivity contribution is 5.92. The van der Waals surface area contributed by atoms with Crippen LogP contribution in [0, 0.1) is 5.82 Å². The van der Waals surface area contributed by atoms with Gasteiger partial charge >= 0.3 is 6.09 Å². The minimum absolute atomic E-state index is 0.0244. The molecule has 2 unspecified atom stereocenters. The molecule has 0 radical (unpaired) electrons. The van der Waals surface area contributed by atoms with E-state index in [-0.39, 0.29) is 18.0 Å². The van der Waals surface area contributed by atoms with Crippen molar-refractivity contribution >= 4 is 11.8 Å². The number of fused-ring (bicyclic) bond motifs is 1. The molecule has 1 amide bonds. The zero-order valence-corrected chi connectivity index (χ0v) is 21.6. The summed E-state index contributed by atoms with van der Waals surface area (Å²) < 4.78 is 27.7. The van der Waals surface area contributed by atoms with Crippen molar-refractivity contribution in [1.29, 1.82) is 0 Å². The van der Waals surface area contributed by atoms with E-state index in [1.807, 2.05) is 43.1 Å². The Balaban J connectivity index is 1.59. The average Bonchev–Trinajstić information content (AvgIpc) is 3.34. The first-order valence-electron chi connectivity index (χ1n) is 12.6. The van der Waals surface area contributed by atoms with Crippen LogP contribution in [0.4, 0.5) is 14.9 Å². The number of hydrogen-bond donors (Lipinski definition) is 1. The summed E-state index contributed by atoms with van der Waals surface area (Å²) in [6.45, 7) is 5.64. The average molecular weight is 509 g/mol. The number of nitrogens with zero attached hydrogens (tertiary/aromatic N) is 4. The van der Waals surface area contributed by atoms with E-state index in [1.165, 1.54) is 17.0 Å². The molecule has 0 bridgehead atoms. The zero-order valence-electron chi connectivity index (χ0n) is 21.6. The lowest BCUT2D eigenvalue weighted by molar-refractivity contribution is -0.00195. The number of ether oxygens (including phenoxy) is 2. The van der Waals surface area contributed by atoms with E-state index in [9.17, 15) is 14.3 Å². The number of benzene rings is 2. The number of likely N-dealkylation sites (N-methyl/N-ethyl adjacent to an activating group) is 1. The van der Waals surface area contributed by atoms with Crippen molar-refractivity contribution in [2.75, 3.05) is 32.1 Å². The number of piperidine rings is 1. The molecule has 5 rings (SSSR count). The number of aromatic nitrogens is 2. The first kappa shape index (κ1) is 25.2. The Bertz CT molecular complexity index is 1290. The standard InChI is InChI=1S/C28H33FN4O4/c1-28(2)13-11-22-23(33(28)27(34)35)10-9-21(26(22)37-20-7-5-19(29)6-8-20)18-15-30-32(16-18)24-12-14-31(3)17-25(24)36-4/h5-10,15-16,24-25H,11-14,17H2,1-4H3,(H,34,35). The molecule has 2 aliphatic rings. The topological polar surface area (TPSA) is 80.1 Å². The van der Waals surface area contributed by atoms with E-state index < -0.39 is 11.6 Å². The number of hydrogen-bond acceptors (Lipinski definition) is 5. The summed E-state index contributed by atoms with van der Waals surface area (Å²) in [5.41, 5.74) is 2.53. The minimum atomic E-state index is -1.01. The fourth-order valence-electron chi connectivity index (χ4n) is 5.52. The molecule has 9 heteroatoms. The van der Waals surface area contributed by atoms with Gasteiger partial charge < -0.3 is 19.5 Å². The van der Waals surface area contributed by atoms with Crippen LogP contribution >= 0.6 is 0 Å². The monoisotopic (exact) mass is 508 g/mol. The van der Waals surface area contributed by atoms with Crippen molar-refractivity contribution in [3.63, 3.8) is 0 Å². The third kappa shape index (κ3) is 4.81. The Morgan fingerprint density at radius 3 is 2.65 bits per heavy atom. The van der Waals surface area contributed by atoms with Crippen molar-refractivity contribution in [3.05, 3.63) is 60.2 Å². The lowest BCUT2D eigenvalue weighted by atomic mass is 9.85. The van der Waals surface area contributed by atoms with Gasteiger partial charge in [0, 0.05) is 48.6 Å². The third-order valence-electron chi connectivity index (χ3n) is 7.58. The van der Waals surface area contributed by atoms with Crippen LogP contribution in [0.25, 0.3) is 11.1 Å². The lowest BCUT2D eigenvalue weighted by Gasteiger charge is -2.42. The molecule has 0 saturated carbocycles. The fourth-order valence-corrected chi connectivity index (χ4v) is 5.52. The summed E-state index contributed by atoms with van der Waals surface area (Å²) in [4.78, 5) is 15.9. The molecule has 3 aromatic rings. The molecule has 196 valence electrons. The van der Waals surface area contributed by atoms with Gasteiger partial charge in [0.1, 0.15) is 17.3 Å². The molecule has 1 fully saturated rings. The highest BCUT2D eigenvalue weighted by Gasteiger charge is 2.39. The minimum Gasteiger partial charge on any atom is -0.465 e. The second-order valence-corrected chi connectivity index (χ2v) is 10.5. The number of anilines is 1. The fraction of sp³-hybridized carbons (Fsp3) is 0.429. The molecule has 0 aliphatic carbocycles. The summed E-state index contributed by atoms with van der Waals surface area (Å²) in [6, 6.07) is 9.69. The van der Waals surface area contributed by atoms with Crippen molar-refractivity contribution < 1.29 is 23.8 Å². The molecule has 0 spiro atoms. The van der Waals surface area contributed by atoms with Gasteiger partial charge in [-0.3, -0.25) is 9.58 Å². The molecule has 37 heavy (non-hydrogen) atoms. The van der Waals surface area contributed by atoms with Crippen LogP contribution < -0.4 is 9.64 Å². The molecule has 2 aliphatic heterocycles. The van der Waals surface area contributed by atoms with E-state index in [2.05, 4.69) is 17.0 Å². The van der Waals surface area contributed by atoms with Crippen LogP contribution in [-0.4, -0.2) is 64.8 Å². The smallest absolute Gasteiger partial charge is 0.412 e.